The molecule has 1 rings (SSSR count). The van der Waals surface area contributed by atoms with Crippen molar-refractivity contribution >= 4 is 6.21 Å². The highest BCUT2D eigenvalue weighted by atomic mass is 15.5. The largest absolute Gasteiger partial charge is 0.307 e. The highest BCUT2D eigenvalue weighted by Gasteiger charge is 2.27. The Hall–Kier alpha value is -0.610. The zero-order chi connectivity index (χ0) is 7.78. The molecule has 58 valence electrons. The van der Waals surface area contributed by atoms with Gasteiger partial charge in [0.2, 0.25) is 0 Å². The van der Waals surface area contributed by atoms with E-state index in [0.717, 1.165) is 0 Å². The molecular weight excluding hydrogens is 128 g/mol. The lowest BCUT2D eigenvalue weighted by atomic mass is 10.2. The maximum absolute atomic E-state index is 5.59. The van der Waals surface area contributed by atoms with E-state index < -0.39 is 5.66 Å². The molecular formula is C6H14N4. The lowest BCUT2D eigenvalue weighted by Gasteiger charge is -2.22. The predicted molar refractivity (Wildman–Crippen MR) is 41.4 cm³/mol. The molecule has 1 heterocycles. The van der Waals surface area contributed by atoms with Crippen molar-refractivity contribution in [2.24, 2.45) is 16.6 Å². The van der Waals surface area contributed by atoms with Crippen LogP contribution in [0.1, 0.15) is 13.8 Å². The van der Waals surface area contributed by atoms with Gasteiger partial charge in [0, 0.05) is 6.04 Å². The van der Waals surface area contributed by atoms with Gasteiger partial charge < -0.3 is 11.5 Å². The van der Waals surface area contributed by atoms with Gasteiger partial charge in [0.15, 0.2) is 0 Å². The Bertz CT molecular complexity index is 150. The summed E-state index contributed by atoms with van der Waals surface area (Å²) in [6.45, 7) is 4.72. The van der Waals surface area contributed by atoms with E-state index in [-0.39, 0.29) is 0 Å². The molecule has 4 heteroatoms. The Morgan fingerprint density at radius 3 is 2.40 bits per heavy atom. The van der Waals surface area contributed by atoms with Crippen LogP contribution < -0.4 is 11.5 Å². The van der Waals surface area contributed by atoms with Gasteiger partial charge in [-0.1, -0.05) is 0 Å². The molecule has 0 atom stereocenters. The fourth-order valence-electron chi connectivity index (χ4n) is 0.860. The molecule has 4 N–H and O–H groups in total. The second-order valence-corrected chi connectivity index (χ2v) is 3.05. The number of nitrogens with two attached hydrogens (primary N) is 2. The van der Waals surface area contributed by atoms with E-state index in [1.165, 1.54) is 0 Å². The molecule has 0 aromatic carbocycles. The first-order chi connectivity index (χ1) is 4.51. The summed E-state index contributed by atoms with van der Waals surface area (Å²) >= 11 is 0. The van der Waals surface area contributed by atoms with Crippen molar-refractivity contribution in [2.75, 3.05) is 6.54 Å². The van der Waals surface area contributed by atoms with E-state index in [1.807, 2.05) is 5.01 Å². The molecule has 0 bridgehead atoms. The number of nitrogens with zero attached hydrogens (tertiary/aromatic N) is 2. The van der Waals surface area contributed by atoms with E-state index in [0.29, 0.717) is 12.6 Å². The maximum atomic E-state index is 5.59. The van der Waals surface area contributed by atoms with Crippen molar-refractivity contribution < 1.29 is 0 Å². The van der Waals surface area contributed by atoms with Gasteiger partial charge in [0.1, 0.15) is 5.66 Å². The quantitative estimate of drug-likeness (QED) is 0.476. The van der Waals surface area contributed by atoms with Crippen LogP contribution >= 0.6 is 0 Å². The third-order valence-electron chi connectivity index (χ3n) is 1.48. The minimum Gasteiger partial charge on any atom is -0.307 e. The zero-order valence-electron chi connectivity index (χ0n) is 6.41. The molecule has 0 aromatic heterocycles. The molecule has 0 saturated carbocycles. The number of rotatable bonds is 1. The standard InChI is InChI=1S/C6H14N4/c1-5(2)10-4-6(7,8)3-9-10/h3,5H,4,7-8H2,1-2H3. The zero-order valence-corrected chi connectivity index (χ0v) is 6.41. The topological polar surface area (TPSA) is 67.6 Å². The Morgan fingerprint density at radius 2 is 2.20 bits per heavy atom. The Morgan fingerprint density at radius 1 is 1.60 bits per heavy atom. The van der Waals surface area contributed by atoms with Crippen LogP contribution in [0.5, 0.6) is 0 Å². The minimum atomic E-state index is -0.718. The first-order valence-electron chi connectivity index (χ1n) is 3.41. The van der Waals surface area contributed by atoms with E-state index in [1.54, 1.807) is 6.21 Å². The van der Waals surface area contributed by atoms with Gasteiger partial charge in [-0.15, -0.1) is 0 Å². The Kier molecular flexibility index (Phi) is 1.66. The molecule has 0 fully saturated rings. The number of hydrazone groups is 1. The highest BCUT2D eigenvalue weighted by Crippen LogP contribution is 2.08. The molecule has 10 heavy (non-hydrogen) atoms. The second kappa shape index (κ2) is 2.21. The van der Waals surface area contributed by atoms with Crippen LogP contribution in [0.25, 0.3) is 0 Å². The van der Waals surface area contributed by atoms with E-state index in [2.05, 4.69) is 18.9 Å². The van der Waals surface area contributed by atoms with Gasteiger partial charge in [0.25, 0.3) is 0 Å². The molecule has 1 aliphatic heterocycles. The number of hydrogen-bond donors (Lipinski definition) is 2. The fourth-order valence-corrected chi connectivity index (χ4v) is 0.860. The Balaban J connectivity index is 2.54. The average molecular weight is 142 g/mol. The highest BCUT2D eigenvalue weighted by molar-refractivity contribution is 5.70. The van der Waals surface area contributed by atoms with Crippen LogP contribution in [0.4, 0.5) is 0 Å². The van der Waals surface area contributed by atoms with Crippen molar-refractivity contribution in [3.8, 4) is 0 Å². The summed E-state index contributed by atoms with van der Waals surface area (Å²) < 4.78 is 0. The molecule has 0 radical (unpaired) electrons. The smallest absolute Gasteiger partial charge is 0.122 e. The average Bonchev–Trinajstić information content (AvgIpc) is 2.10. The summed E-state index contributed by atoms with van der Waals surface area (Å²) in [7, 11) is 0. The van der Waals surface area contributed by atoms with Crippen LogP contribution in [0.15, 0.2) is 5.10 Å². The molecule has 0 aliphatic carbocycles. The van der Waals surface area contributed by atoms with Crippen LogP contribution in [0.3, 0.4) is 0 Å². The monoisotopic (exact) mass is 142 g/mol. The van der Waals surface area contributed by atoms with E-state index >= 15 is 0 Å². The van der Waals surface area contributed by atoms with Gasteiger partial charge in [-0.2, -0.15) is 5.10 Å². The van der Waals surface area contributed by atoms with Crippen molar-refractivity contribution in [3.05, 3.63) is 0 Å². The maximum Gasteiger partial charge on any atom is 0.122 e. The lowest BCUT2D eigenvalue weighted by molar-refractivity contribution is 0.231. The SMILES string of the molecule is CC(C)N1CC(N)(N)C=N1. The van der Waals surface area contributed by atoms with Gasteiger partial charge in [-0.3, -0.25) is 5.01 Å². The van der Waals surface area contributed by atoms with Crippen molar-refractivity contribution in [3.63, 3.8) is 0 Å². The van der Waals surface area contributed by atoms with Gasteiger partial charge >= 0.3 is 0 Å². The summed E-state index contributed by atoms with van der Waals surface area (Å²) in [6.07, 6.45) is 1.59. The molecule has 1 aliphatic rings. The van der Waals surface area contributed by atoms with Gasteiger partial charge in [0.05, 0.1) is 12.8 Å². The van der Waals surface area contributed by atoms with E-state index in [4.69, 9.17) is 11.5 Å². The Labute approximate surface area is 60.9 Å². The third kappa shape index (κ3) is 1.46. The number of hydrogen-bond acceptors (Lipinski definition) is 4. The minimum absolute atomic E-state index is 0.380. The summed E-state index contributed by atoms with van der Waals surface area (Å²) in [6, 6.07) is 0.380. The van der Waals surface area contributed by atoms with Crippen LogP contribution in [0.2, 0.25) is 0 Å². The molecule has 4 nitrogen and oxygen atoms in total. The van der Waals surface area contributed by atoms with Crippen LogP contribution in [-0.2, 0) is 0 Å². The summed E-state index contributed by atoms with van der Waals surface area (Å²) in [4.78, 5) is 0. The first-order valence-corrected chi connectivity index (χ1v) is 3.41. The lowest BCUT2D eigenvalue weighted by Crippen LogP contribution is -2.54. The van der Waals surface area contributed by atoms with Crippen molar-refractivity contribution in [1.29, 1.82) is 0 Å². The first kappa shape index (κ1) is 7.50. The summed E-state index contributed by atoms with van der Waals surface area (Å²) in [5, 5.41) is 5.92. The summed E-state index contributed by atoms with van der Waals surface area (Å²) in [5.74, 6) is 0. The predicted octanol–water partition coefficient (Wildman–Crippen LogP) is -0.690. The molecule has 0 amide bonds. The molecule has 0 saturated heterocycles. The van der Waals surface area contributed by atoms with Crippen LogP contribution in [0, 0.1) is 0 Å². The van der Waals surface area contributed by atoms with Gasteiger partial charge in [-0.25, -0.2) is 0 Å². The normalized spacial score (nSPS) is 22.7. The second-order valence-electron chi connectivity index (χ2n) is 3.05. The third-order valence-corrected chi connectivity index (χ3v) is 1.48. The molecule has 0 aromatic rings. The van der Waals surface area contributed by atoms with Crippen LogP contribution in [-0.4, -0.2) is 29.5 Å². The summed E-state index contributed by atoms with van der Waals surface area (Å²) in [5.41, 5.74) is 10.5. The van der Waals surface area contributed by atoms with Crippen molar-refractivity contribution in [1.82, 2.24) is 5.01 Å². The van der Waals surface area contributed by atoms with Gasteiger partial charge in [-0.05, 0) is 13.8 Å². The van der Waals surface area contributed by atoms with Crippen molar-refractivity contribution in [2.45, 2.75) is 25.6 Å². The van der Waals surface area contributed by atoms with E-state index in [9.17, 15) is 0 Å². The fraction of sp³-hybridized carbons (Fsp3) is 0.833. The molecule has 0 spiro atoms. The molecule has 0 unspecified atom stereocenters.